The van der Waals surface area contributed by atoms with E-state index in [4.69, 9.17) is 4.74 Å². The minimum absolute atomic E-state index is 0.0896. The fourth-order valence-electron chi connectivity index (χ4n) is 3.92. The Bertz CT molecular complexity index is 1550. The Morgan fingerprint density at radius 1 is 1.23 bits per heavy atom. The third-order valence-electron chi connectivity index (χ3n) is 5.60. The van der Waals surface area contributed by atoms with Crippen molar-refractivity contribution in [3.05, 3.63) is 112 Å². The molecule has 0 radical (unpaired) electrons. The number of ether oxygens (including phenoxy) is 1. The number of nitrogens with zero attached hydrogens (tertiary/aromatic N) is 3. The lowest BCUT2D eigenvalue weighted by Crippen LogP contribution is -2.39. The maximum Gasteiger partial charge on any atom is 0.338 e. The summed E-state index contributed by atoms with van der Waals surface area (Å²) in [6, 6.07) is 13.5. The summed E-state index contributed by atoms with van der Waals surface area (Å²) >= 11 is 1.20. The number of hydrogen-bond acceptors (Lipinski definition) is 7. The molecule has 1 aliphatic rings. The van der Waals surface area contributed by atoms with Crippen LogP contribution in [0, 0.1) is 17.0 Å². The van der Waals surface area contributed by atoms with Gasteiger partial charge < -0.3 is 4.74 Å². The van der Waals surface area contributed by atoms with Crippen LogP contribution >= 0.6 is 11.3 Å². The number of nitro groups is 1. The van der Waals surface area contributed by atoms with E-state index in [0.29, 0.717) is 26.2 Å². The molecule has 8 nitrogen and oxygen atoms in total. The van der Waals surface area contributed by atoms with Gasteiger partial charge in [-0.2, -0.15) is 0 Å². The highest BCUT2D eigenvalue weighted by atomic mass is 32.1. The van der Waals surface area contributed by atoms with Crippen molar-refractivity contribution in [2.45, 2.75) is 26.8 Å². The van der Waals surface area contributed by atoms with Gasteiger partial charge in [-0.3, -0.25) is 19.5 Å². The molecule has 2 aromatic carbocycles. The molecule has 1 atom stereocenters. The Labute approximate surface area is 205 Å². The summed E-state index contributed by atoms with van der Waals surface area (Å²) in [6.07, 6.45) is 5.37. The summed E-state index contributed by atoms with van der Waals surface area (Å²) < 4.78 is 7.11. The van der Waals surface area contributed by atoms with Crippen molar-refractivity contribution < 1.29 is 14.5 Å². The van der Waals surface area contributed by atoms with Crippen LogP contribution in [-0.2, 0) is 9.53 Å². The number of thiazole rings is 1. The van der Waals surface area contributed by atoms with Crippen molar-refractivity contribution in [1.82, 2.24) is 4.57 Å². The smallest absolute Gasteiger partial charge is 0.338 e. The van der Waals surface area contributed by atoms with E-state index in [2.05, 4.69) is 4.99 Å². The molecule has 9 heteroatoms. The van der Waals surface area contributed by atoms with Crippen LogP contribution in [0.15, 0.2) is 75.7 Å². The quantitative estimate of drug-likeness (QED) is 0.299. The molecule has 0 spiro atoms. The average molecular weight is 490 g/mol. The third kappa shape index (κ3) is 4.76. The molecule has 2 heterocycles. The highest BCUT2D eigenvalue weighted by molar-refractivity contribution is 7.07. The molecule has 0 aliphatic carbocycles. The van der Waals surface area contributed by atoms with Crippen LogP contribution < -0.4 is 14.9 Å². The van der Waals surface area contributed by atoms with Crippen LogP contribution in [-0.4, -0.2) is 22.1 Å². The topological polar surface area (TPSA) is 104 Å². The van der Waals surface area contributed by atoms with Crippen LogP contribution in [0.25, 0.3) is 12.2 Å². The Balaban J connectivity index is 1.91. The zero-order chi connectivity index (χ0) is 25.1. The predicted molar refractivity (Wildman–Crippen MR) is 135 cm³/mol. The summed E-state index contributed by atoms with van der Waals surface area (Å²) in [5, 5.41) is 11.6. The minimum atomic E-state index is -0.898. The van der Waals surface area contributed by atoms with Gasteiger partial charge in [-0.05, 0) is 38.0 Å². The van der Waals surface area contributed by atoms with Gasteiger partial charge in [0, 0.05) is 11.6 Å². The molecule has 35 heavy (non-hydrogen) atoms. The predicted octanol–water partition coefficient (Wildman–Crippen LogP) is 3.68. The number of fused-ring (bicyclic) bond motifs is 1. The van der Waals surface area contributed by atoms with E-state index in [0.717, 1.165) is 5.56 Å². The van der Waals surface area contributed by atoms with E-state index >= 15 is 0 Å². The minimum Gasteiger partial charge on any atom is -0.463 e. The van der Waals surface area contributed by atoms with Crippen molar-refractivity contribution >= 4 is 35.1 Å². The molecule has 0 amide bonds. The van der Waals surface area contributed by atoms with Gasteiger partial charge in [-0.25, -0.2) is 9.79 Å². The van der Waals surface area contributed by atoms with Gasteiger partial charge in [0.1, 0.15) is 0 Å². The largest absolute Gasteiger partial charge is 0.463 e. The molecule has 3 aromatic rings. The fourth-order valence-corrected chi connectivity index (χ4v) is 4.92. The lowest BCUT2D eigenvalue weighted by Gasteiger charge is -2.24. The number of benzene rings is 2. The number of hydrogen-bond donors (Lipinski definition) is 0. The number of allylic oxidation sites excluding steroid dienone is 2. The van der Waals surface area contributed by atoms with Crippen LogP contribution in [0.5, 0.6) is 0 Å². The molecule has 178 valence electrons. The van der Waals surface area contributed by atoms with Crippen molar-refractivity contribution in [3.63, 3.8) is 0 Å². The highest BCUT2D eigenvalue weighted by Crippen LogP contribution is 2.33. The molecule has 0 N–H and O–H groups in total. The number of esters is 1. The van der Waals surface area contributed by atoms with Gasteiger partial charge >= 0.3 is 5.97 Å². The Morgan fingerprint density at radius 3 is 2.66 bits per heavy atom. The SMILES string of the molecule is CCOC(=O)C1=C(C)N=c2s/c(=C/C=C/c3ccccc3)c(=O)n2[C@@H]1c1ccc(C)c([N+](=O)[O-])c1. The number of nitro benzene ring substituents is 1. The zero-order valence-electron chi connectivity index (χ0n) is 19.4. The summed E-state index contributed by atoms with van der Waals surface area (Å²) in [5.41, 5.74) is 2.07. The molecular formula is C26H23N3O5S. The lowest BCUT2D eigenvalue weighted by molar-refractivity contribution is -0.385. The van der Waals surface area contributed by atoms with Gasteiger partial charge in [0.25, 0.3) is 11.2 Å². The first-order valence-electron chi connectivity index (χ1n) is 11.0. The summed E-state index contributed by atoms with van der Waals surface area (Å²) in [7, 11) is 0. The molecule has 0 saturated carbocycles. The van der Waals surface area contributed by atoms with E-state index in [9.17, 15) is 19.7 Å². The number of carbonyl (C=O) groups is 1. The highest BCUT2D eigenvalue weighted by Gasteiger charge is 2.34. The Hall–Kier alpha value is -4.11. The number of aryl methyl sites for hydroxylation is 1. The van der Waals surface area contributed by atoms with E-state index in [-0.39, 0.29) is 23.4 Å². The van der Waals surface area contributed by atoms with Gasteiger partial charge in [0.15, 0.2) is 4.80 Å². The van der Waals surface area contributed by atoms with Crippen LogP contribution in [0.4, 0.5) is 5.69 Å². The maximum atomic E-state index is 13.5. The maximum absolute atomic E-state index is 13.5. The van der Waals surface area contributed by atoms with Crippen LogP contribution in [0.1, 0.15) is 36.6 Å². The van der Waals surface area contributed by atoms with Gasteiger partial charge in [-0.15, -0.1) is 0 Å². The number of rotatable bonds is 6. The lowest BCUT2D eigenvalue weighted by atomic mass is 9.94. The van der Waals surface area contributed by atoms with E-state index in [1.54, 1.807) is 45.1 Å². The summed E-state index contributed by atoms with van der Waals surface area (Å²) in [5.74, 6) is -0.611. The van der Waals surface area contributed by atoms with E-state index < -0.39 is 16.9 Å². The third-order valence-corrected chi connectivity index (χ3v) is 6.60. The molecule has 0 fully saturated rings. The Morgan fingerprint density at radius 2 is 1.97 bits per heavy atom. The standard InChI is InChI=1S/C26H23N3O5S/c1-4-34-25(31)22-17(3)27-26-28(23(22)19-14-13-16(2)20(15-19)29(32)33)24(30)21(35-26)12-8-11-18-9-6-5-7-10-18/h5-15,23H,4H2,1-3H3/b11-8+,21-12+/t23-/m1/s1. The molecule has 4 rings (SSSR count). The van der Waals surface area contributed by atoms with Crippen LogP contribution in [0.2, 0.25) is 0 Å². The Kier molecular flexibility index (Phi) is 6.88. The normalized spacial score (nSPS) is 15.7. The van der Waals surface area contributed by atoms with E-state index in [1.807, 2.05) is 36.4 Å². The monoisotopic (exact) mass is 489 g/mol. The number of aromatic nitrogens is 1. The second-order valence-corrected chi connectivity index (χ2v) is 8.91. The van der Waals surface area contributed by atoms with Crippen molar-refractivity contribution in [2.75, 3.05) is 6.61 Å². The first kappa shape index (κ1) is 24.0. The van der Waals surface area contributed by atoms with Gasteiger partial charge in [0.05, 0.1) is 33.4 Å². The molecule has 0 saturated heterocycles. The first-order valence-corrected chi connectivity index (χ1v) is 11.8. The zero-order valence-corrected chi connectivity index (χ0v) is 20.2. The summed E-state index contributed by atoms with van der Waals surface area (Å²) in [4.78, 5) is 42.5. The number of carbonyl (C=O) groups excluding carboxylic acids is 1. The second kappa shape index (κ2) is 10.0. The molecule has 0 bridgehead atoms. The fraction of sp³-hybridized carbons (Fsp3) is 0.192. The van der Waals surface area contributed by atoms with Crippen molar-refractivity contribution in [2.24, 2.45) is 4.99 Å². The molecule has 0 unspecified atom stereocenters. The molecule has 1 aliphatic heterocycles. The van der Waals surface area contributed by atoms with Crippen molar-refractivity contribution in [1.29, 1.82) is 0 Å². The van der Waals surface area contributed by atoms with Gasteiger partial charge in [-0.1, -0.05) is 66.0 Å². The second-order valence-electron chi connectivity index (χ2n) is 7.90. The summed E-state index contributed by atoms with van der Waals surface area (Å²) in [6.45, 7) is 5.15. The van der Waals surface area contributed by atoms with Crippen LogP contribution in [0.3, 0.4) is 0 Å². The average Bonchev–Trinajstić information content (AvgIpc) is 3.14. The van der Waals surface area contributed by atoms with E-state index in [1.165, 1.54) is 22.0 Å². The molecule has 1 aromatic heterocycles. The van der Waals surface area contributed by atoms with Crippen molar-refractivity contribution in [3.8, 4) is 0 Å². The molecular weight excluding hydrogens is 466 g/mol. The van der Waals surface area contributed by atoms with Gasteiger partial charge in [0.2, 0.25) is 0 Å². The first-order chi connectivity index (χ1) is 16.8.